The van der Waals surface area contributed by atoms with Crippen molar-refractivity contribution in [2.24, 2.45) is 5.41 Å². The lowest BCUT2D eigenvalue weighted by Gasteiger charge is -2.25. The smallest absolute Gasteiger partial charge is 0.168 e. The fourth-order valence-corrected chi connectivity index (χ4v) is 1.66. The number of allylic oxidation sites excluding steroid dienone is 4. The van der Waals surface area contributed by atoms with E-state index in [1.165, 1.54) is 6.92 Å². The second kappa shape index (κ2) is 3.29. The molecule has 0 aromatic carbocycles. The van der Waals surface area contributed by atoms with Crippen molar-refractivity contribution in [1.29, 1.82) is 0 Å². The van der Waals surface area contributed by atoms with Crippen molar-refractivity contribution in [3.05, 3.63) is 23.8 Å². The second-order valence-electron chi connectivity index (χ2n) is 3.83. The van der Waals surface area contributed by atoms with Crippen LogP contribution in [0.3, 0.4) is 0 Å². The Morgan fingerprint density at radius 2 is 2.15 bits per heavy atom. The average Bonchev–Trinajstić information content (AvgIpc) is 1.99. The van der Waals surface area contributed by atoms with Crippen LogP contribution in [0.4, 0.5) is 0 Å². The molecule has 0 spiro atoms. The van der Waals surface area contributed by atoms with E-state index in [4.69, 9.17) is 0 Å². The summed E-state index contributed by atoms with van der Waals surface area (Å²) >= 11 is 0. The van der Waals surface area contributed by atoms with E-state index in [1.54, 1.807) is 13.0 Å². The van der Waals surface area contributed by atoms with Crippen LogP contribution >= 0.6 is 0 Å². The fourth-order valence-electron chi connectivity index (χ4n) is 1.66. The Labute approximate surface area is 78.3 Å². The quantitative estimate of drug-likeness (QED) is 0.648. The maximum absolute atomic E-state index is 11.7. The predicted molar refractivity (Wildman–Crippen MR) is 51.3 cm³/mol. The fraction of sp³-hybridized carbons (Fsp3) is 0.455. The molecule has 1 rings (SSSR count). The second-order valence-corrected chi connectivity index (χ2v) is 3.83. The van der Waals surface area contributed by atoms with E-state index >= 15 is 0 Å². The van der Waals surface area contributed by atoms with Crippen molar-refractivity contribution in [1.82, 2.24) is 0 Å². The molecule has 0 saturated carbocycles. The summed E-state index contributed by atoms with van der Waals surface area (Å²) in [7, 11) is 0. The third-order valence-electron chi connectivity index (χ3n) is 2.30. The molecule has 1 atom stereocenters. The SMILES string of the molecule is CC(=O)CC1(C)C=CC=C(C)C1=O. The third kappa shape index (κ3) is 1.94. The van der Waals surface area contributed by atoms with E-state index in [-0.39, 0.29) is 11.6 Å². The van der Waals surface area contributed by atoms with Gasteiger partial charge in [0.1, 0.15) is 5.78 Å². The van der Waals surface area contributed by atoms with Gasteiger partial charge in [-0.3, -0.25) is 9.59 Å². The summed E-state index contributed by atoms with van der Waals surface area (Å²) in [4.78, 5) is 22.7. The lowest BCUT2D eigenvalue weighted by molar-refractivity contribution is -0.127. The van der Waals surface area contributed by atoms with Crippen molar-refractivity contribution in [3.63, 3.8) is 0 Å². The van der Waals surface area contributed by atoms with Gasteiger partial charge in [0.05, 0.1) is 5.41 Å². The summed E-state index contributed by atoms with van der Waals surface area (Å²) in [5.41, 5.74) is 0.122. The molecular formula is C11H14O2. The topological polar surface area (TPSA) is 34.1 Å². The highest BCUT2D eigenvalue weighted by Crippen LogP contribution is 2.31. The first-order valence-electron chi connectivity index (χ1n) is 4.36. The van der Waals surface area contributed by atoms with Crippen LogP contribution in [0.5, 0.6) is 0 Å². The van der Waals surface area contributed by atoms with Gasteiger partial charge in [-0.05, 0) is 26.3 Å². The number of rotatable bonds is 2. The van der Waals surface area contributed by atoms with E-state index in [2.05, 4.69) is 0 Å². The van der Waals surface area contributed by atoms with Crippen molar-refractivity contribution in [2.45, 2.75) is 27.2 Å². The molecular weight excluding hydrogens is 164 g/mol. The molecule has 0 saturated heterocycles. The standard InChI is InChI=1S/C11H14O2/c1-8-5-4-6-11(3,10(8)13)7-9(2)12/h4-6H,7H2,1-3H3. The Bertz CT molecular complexity index is 310. The average molecular weight is 178 g/mol. The zero-order valence-electron chi connectivity index (χ0n) is 8.26. The molecule has 0 aliphatic heterocycles. The van der Waals surface area contributed by atoms with Crippen LogP contribution in [0, 0.1) is 5.41 Å². The summed E-state index contributed by atoms with van der Waals surface area (Å²) in [5.74, 6) is 0.111. The van der Waals surface area contributed by atoms with Crippen molar-refractivity contribution in [3.8, 4) is 0 Å². The van der Waals surface area contributed by atoms with Crippen LogP contribution in [0.2, 0.25) is 0 Å². The van der Waals surface area contributed by atoms with Gasteiger partial charge >= 0.3 is 0 Å². The van der Waals surface area contributed by atoms with Crippen molar-refractivity contribution in [2.75, 3.05) is 0 Å². The molecule has 2 heteroatoms. The first kappa shape index (κ1) is 9.90. The van der Waals surface area contributed by atoms with Crippen LogP contribution in [-0.2, 0) is 9.59 Å². The summed E-state index contributed by atoms with van der Waals surface area (Å²) in [6, 6.07) is 0. The molecule has 0 fully saturated rings. The number of hydrogen-bond donors (Lipinski definition) is 0. The Morgan fingerprint density at radius 1 is 1.54 bits per heavy atom. The van der Waals surface area contributed by atoms with E-state index in [0.717, 1.165) is 5.57 Å². The normalized spacial score (nSPS) is 27.3. The van der Waals surface area contributed by atoms with Crippen LogP contribution in [0.15, 0.2) is 23.8 Å². The maximum Gasteiger partial charge on any atom is 0.168 e. The first-order chi connectivity index (χ1) is 5.96. The van der Waals surface area contributed by atoms with Gasteiger partial charge in [-0.2, -0.15) is 0 Å². The molecule has 0 aromatic rings. The molecule has 13 heavy (non-hydrogen) atoms. The van der Waals surface area contributed by atoms with E-state index in [1.807, 2.05) is 19.1 Å². The van der Waals surface area contributed by atoms with Crippen LogP contribution < -0.4 is 0 Å². The van der Waals surface area contributed by atoms with Gasteiger partial charge in [0.15, 0.2) is 5.78 Å². The molecule has 0 N–H and O–H groups in total. The van der Waals surface area contributed by atoms with E-state index in [0.29, 0.717) is 6.42 Å². The third-order valence-corrected chi connectivity index (χ3v) is 2.30. The largest absolute Gasteiger partial charge is 0.300 e. The number of Topliss-reactive ketones (excluding diaryl/α,β-unsaturated/α-hetero) is 2. The first-order valence-corrected chi connectivity index (χ1v) is 4.36. The molecule has 2 nitrogen and oxygen atoms in total. The van der Waals surface area contributed by atoms with E-state index in [9.17, 15) is 9.59 Å². The lowest BCUT2D eigenvalue weighted by atomic mass is 9.76. The number of ketones is 2. The Kier molecular flexibility index (Phi) is 2.50. The van der Waals surface area contributed by atoms with Crippen LogP contribution in [0.25, 0.3) is 0 Å². The zero-order valence-corrected chi connectivity index (χ0v) is 8.26. The molecule has 70 valence electrons. The summed E-state index contributed by atoms with van der Waals surface area (Å²) in [6.45, 7) is 5.11. The van der Waals surface area contributed by atoms with Gasteiger partial charge in [0.25, 0.3) is 0 Å². The molecule has 0 bridgehead atoms. The van der Waals surface area contributed by atoms with Crippen LogP contribution in [-0.4, -0.2) is 11.6 Å². The number of carbonyl (C=O) groups is 2. The van der Waals surface area contributed by atoms with E-state index < -0.39 is 5.41 Å². The minimum Gasteiger partial charge on any atom is -0.300 e. The molecule has 0 radical (unpaired) electrons. The van der Waals surface area contributed by atoms with Gasteiger partial charge in [0.2, 0.25) is 0 Å². The van der Waals surface area contributed by atoms with Crippen LogP contribution in [0.1, 0.15) is 27.2 Å². The van der Waals surface area contributed by atoms with Crippen molar-refractivity contribution >= 4 is 11.6 Å². The lowest BCUT2D eigenvalue weighted by Crippen LogP contribution is -2.30. The van der Waals surface area contributed by atoms with Crippen molar-refractivity contribution < 1.29 is 9.59 Å². The summed E-state index contributed by atoms with van der Waals surface area (Å²) in [5, 5.41) is 0. The Hall–Kier alpha value is -1.18. The molecule has 0 aromatic heterocycles. The number of carbonyl (C=O) groups excluding carboxylic acids is 2. The highest BCUT2D eigenvalue weighted by atomic mass is 16.1. The Balaban J connectivity index is 2.93. The maximum atomic E-state index is 11.7. The zero-order chi connectivity index (χ0) is 10.1. The van der Waals surface area contributed by atoms with Gasteiger partial charge in [-0.25, -0.2) is 0 Å². The summed E-state index contributed by atoms with van der Waals surface area (Å²) in [6.07, 6.45) is 5.74. The molecule has 1 aliphatic rings. The minimum absolute atomic E-state index is 0.0511. The minimum atomic E-state index is -0.606. The van der Waals surface area contributed by atoms with Gasteiger partial charge in [-0.15, -0.1) is 0 Å². The molecule has 0 amide bonds. The highest BCUT2D eigenvalue weighted by molar-refractivity contribution is 6.03. The van der Waals surface area contributed by atoms with Gasteiger partial charge < -0.3 is 0 Å². The summed E-state index contributed by atoms with van der Waals surface area (Å²) < 4.78 is 0. The predicted octanol–water partition coefficient (Wildman–Crippen LogP) is 2.06. The molecule has 0 heterocycles. The van der Waals surface area contributed by atoms with Gasteiger partial charge in [-0.1, -0.05) is 18.2 Å². The molecule has 1 aliphatic carbocycles. The number of hydrogen-bond acceptors (Lipinski definition) is 2. The molecule has 1 unspecified atom stereocenters. The van der Waals surface area contributed by atoms with Gasteiger partial charge in [0, 0.05) is 6.42 Å². The Morgan fingerprint density at radius 3 is 2.69 bits per heavy atom. The highest BCUT2D eigenvalue weighted by Gasteiger charge is 2.33. The monoisotopic (exact) mass is 178 g/mol.